The normalized spacial score (nSPS) is 10.2. The summed E-state index contributed by atoms with van der Waals surface area (Å²) >= 11 is 0. The van der Waals surface area contributed by atoms with E-state index in [1.807, 2.05) is 0 Å². The van der Waals surface area contributed by atoms with Gasteiger partial charge in [-0.15, -0.1) is 0 Å². The molecule has 8 heteroatoms. The molecule has 2 aromatic heterocycles. The molecule has 0 aromatic carbocycles. The number of nitrogens with zero attached hydrogens (tertiary/aromatic N) is 3. The molecule has 0 saturated heterocycles. The van der Waals surface area contributed by atoms with Crippen LogP contribution in [0.1, 0.15) is 27.8 Å². The zero-order valence-electron chi connectivity index (χ0n) is 11.7. The van der Waals surface area contributed by atoms with Gasteiger partial charge in [0.2, 0.25) is 0 Å². The van der Waals surface area contributed by atoms with Crippen LogP contribution in [0.2, 0.25) is 0 Å². The summed E-state index contributed by atoms with van der Waals surface area (Å²) in [6, 6.07) is 2.98. The lowest BCUT2D eigenvalue weighted by Crippen LogP contribution is -2.19. The lowest BCUT2D eigenvalue weighted by Gasteiger charge is -2.08. The predicted molar refractivity (Wildman–Crippen MR) is 75.1 cm³/mol. The minimum atomic E-state index is -0.552. The van der Waals surface area contributed by atoms with E-state index in [2.05, 4.69) is 15.4 Å². The topological polar surface area (TPSA) is 112 Å². The molecule has 8 nitrogen and oxygen atoms in total. The van der Waals surface area contributed by atoms with E-state index in [-0.39, 0.29) is 29.6 Å². The highest BCUT2D eigenvalue weighted by Crippen LogP contribution is 2.16. The summed E-state index contributed by atoms with van der Waals surface area (Å²) in [5.74, 6) is -0.635. The molecule has 0 fully saturated rings. The monoisotopic (exact) mass is 289 g/mol. The van der Waals surface area contributed by atoms with Crippen LogP contribution < -0.4 is 11.1 Å². The van der Waals surface area contributed by atoms with Crippen LogP contribution in [0.25, 0.3) is 5.82 Å². The summed E-state index contributed by atoms with van der Waals surface area (Å²) in [7, 11) is 1.51. The van der Waals surface area contributed by atoms with Crippen molar-refractivity contribution in [2.45, 2.75) is 6.92 Å². The number of hydrogen-bond acceptors (Lipinski definition) is 6. The molecule has 0 radical (unpaired) electrons. The first-order chi connectivity index (χ1) is 10.1. The summed E-state index contributed by atoms with van der Waals surface area (Å²) in [5.41, 5.74) is 6.38. The van der Waals surface area contributed by atoms with Crippen LogP contribution in [-0.2, 0) is 4.74 Å². The van der Waals surface area contributed by atoms with Crippen molar-refractivity contribution >= 4 is 17.6 Å². The number of esters is 1. The van der Waals surface area contributed by atoms with Crippen molar-refractivity contribution in [1.29, 1.82) is 0 Å². The molecule has 110 valence electrons. The lowest BCUT2D eigenvalue weighted by molar-refractivity contribution is 0.0525. The number of nitrogens with one attached hydrogen (secondary N) is 1. The van der Waals surface area contributed by atoms with Gasteiger partial charge < -0.3 is 15.8 Å². The number of hydrogen-bond donors (Lipinski definition) is 2. The van der Waals surface area contributed by atoms with Gasteiger partial charge in [0, 0.05) is 13.2 Å². The molecule has 0 unspecified atom stereocenters. The van der Waals surface area contributed by atoms with E-state index in [0.717, 1.165) is 0 Å². The highest BCUT2D eigenvalue weighted by molar-refractivity contribution is 5.94. The smallest absolute Gasteiger partial charge is 0.342 e. The van der Waals surface area contributed by atoms with E-state index < -0.39 is 5.97 Å². The molecule has 21 heavy (non-hydrogen) atoms. The van der Waals surface area contributed by atoms with E-state index in [4.69, 9.17) is 10.5 Å². The summed E-state index contributed by atoms with van der Waals surface area (Å²) in [5, 5.41) is 6.54. The Morgan fingerprint density at radius 2 is 2.24 bits per heavy atom. The molecular formula is C13H15N5O3. The van der Waals surface area contributed by atoms with Crippen molar-refractivity contribution in [3.8, 4) is 5.82 Å². The van der Waals surface area contributed by atoms with Gasteiger partial charge in [-0.1, -0.05) is 0 Å². The summed E-state index contributed by atoms with van der Waals surface area (Å²) in [6.07, 6.45) is 2.94. The Morgan fingerprint density at radius 1 is 1.48 bits per heavy atom. The fraction of sp³-hybridized carbons (Fsp3) is 0.231. The molecule has 2 rings (SSSR count). The van der Waals surface area contributed by atoms with Crippen LogP contribution in [0.4, 0.5) is 5.69 Å². The van der Waals surface area contributed by atoms with Crippen LogP contribution >= 0.6 is 0 Å². The maximum absolute atomic E-state index is 11.9. The van der Waals surface area contributed by atoms with Gasteiger partial charge in [0.25, 0.3) is 5.91 Å². The van der Waals surface area contributed by atoms with Crippen LogP contribution in [0.3, 0.4) is 0 Å². The summed E-state index contributed by atoms with van der Waals surface area (Å²) < 4.78 is 6.30. The van der Waals surface area contributed by atoms with Crippen molar-refractivity contribution in [2.24, 2.45) is 0 Å². The van der Waals surface area contributed by atoms with E-state index >= 15 is 0 Å². The lowest BCUT2D eigenvalue weighted by atomic mass is 10.2. The molecule has 2 heterocycles. The first kappa shape index (κ1) is 14.5. The number of aromatic nitrogens is 3. The highest BCUT2D eigenvalue weighted by Gasteiger charge is 2.18. The number of nitrogen functional groups attached to an aromatic ring is 1. The third-order valence-electron chi connectivity index (χ3n) is 2.65. The van der Waals surface area contributed by atoms with Crippen LogP contribution in [0.5, 0.6) is 0 Å². The second kappa shape index (κ2) is 6.04. The third kappa shape index (κ3) is 2.99. The largest absolute Gasteiger partial charge is 0.462 e. The Labute approximate surface area is 120 Å². The maximum Gasteiger partial charge on any atom is 0.342 e. The molecule has 1 amide bonds. The van der Waals surface area contributed by atoms with Gasteiger partial charge in [-0.3, -0.25) is 4.79 Å². The molecule has 0 saturated carbocycles. The molecular weight excluding hydrogens is 274 g/mol. The fourth-order valence-electron chi connectivity index (χ4n) is 1.71. The molecule has 2 aromatic rings. The summed E-state index contributed by atoms with van der Waals surface area (Å²) in [6.45, 7) is 1.94. The molecule has 3 N–H and O–H groups in total. The van der Waals surface area contributed by atoms with Gasteiger partial charge >= 0.3 is 5.97 Å². The number of carbonyl (C=O) groups is 2. The Bertz CT molecular complexity index is 680. The molecule has 0 aliphatic rings. The van der Waals surface area contributed by atoms with Gasteiger partial charge in [-0.05, 0) is 19.1 Å². The minimum Gasteiger partial charge on any atom is -0.462 e. The van der Waals surface area contributed by atoms with Crippen molar-refractivity contribution < 1.29 is 14.3 Å². The Kier molecular flexibility index (Phi) is 4.17. The van der Waals surface area contributed by atoms with Gasteiger partial charge in [-0.2, -0.15) is 5.10 Å². The number of rotatable bonds is 4. The second-order valence-electron chi connectivity index (χ2n) is 4.08. The molecule has 0 spiro atoms. The predicted octanol–water partition coefficient (Wildman–Crippen LogP) is 0.386. The number of carbonyl (C=O) groups excluding carboxylic acids is 2. The third-order valence-corrected chi connectivity index (χ3v) is 2.65. The van der Waals surface area contributed by atoms with E-state index in [1.54, 1.807) is 6.92 Å². The zero-order chi connectivity index (χ0) is 15.4. The number of anilines is 1. The first-order valence-corrected chi connectivity index (χ1v) is 6.27. The summed E-state index contributed by atoms with van der Waals surface area (Å²) in [4.78, 5) is 27.6. The number of amides is 1. The second-order valence-corrected chi connectivity index (χ2v) is 4.08. The number of ether oxygens (including phenoxy) is 1. The van der Waals surface area contributed by atoms with Crippen LogP contribution in [0, 0.1) is 0 Å². The standard InChI is InChI=1S/C13H15N5O3/c1-3-21-13(20)9-6-8(14)7-16-11(9)18-5-4-10(17-18)12(19)15-2/h4-7H,3,14H2,1-2H3,(H,15,19). The first-order valence-electron chi connectivity index (χ1n) is 6.27. The molecule has 0 atom stereocenters. The maximum atomic E-state index is 11.9. The Hall–Kier alpha value is -2.90. The van der Waals surface area contributed by atoms with E-state index in [9.17, 15) is 9.59 Å². The zero-order valence-corrected chi connectivity index (χ0v) is 11.7. The van der Waals surface area contributed by atoms with Crippen molar-refractivity contribution in [3.63, 3.8) is 0 Å². The average molecular weight is 289 g/mol. The van der Waals surface area contributed by atoms with E-state index in [0.29, 0.717) is 5.69 Å². The van der Waals surface area contributed by atoms with Gasteiger partial charge in [0.15, 0.2) is 11.5 Å². The van der Waals surface area contributed by atoms with Gasteiger partial charge in [0.05, 0.1) is 18.5 Å². The minimum absolute atomic E-state index is 0.184. The van der Waals surface area contributed by atoms with Crippen LogP contribution in [0.15, 0.2) is 24.5 Å². The van der Waals surface area contributed by atoms with Crippen molar-refractivity contribution in [1.82, 2.24) is 20.1 Å². The average Bonchev–Trinajstić information content (AvgIpc) is 2.96. The van der Waals surface area contributed by atoms with E-state index in [1.165, 1.54) is 36.3 Å². The van der Waals surface area contributed by atoms with Crippen LogP contribution in [-0.4, -0.2) is 40.3 Å². The van der Waals surface area contributed by atoms with Crippen molar-refractivity contribution in [3.05, 3.63) is 35.8 Å². The molecule has 0 aliphatic carbocycles. The quantitative estimate of drug-likeness (QED) is 0.787. The highest BCUT2D eigenvalue weighted by atomic mass is 16.5. The van der Waals surface area contributed by atoms with Crippen molar-refractivity contribution in [2.75, 3.05) is 19.4 Å². The number of pyridine rings is 1. The Morgan fingerprint density at radius 3 is 2.90 bits per heavy atom. The van der Waals surface area contributed by atoms with Gasteiger partial charge in [0.1, 0.15) is 5.56 Å². The fourth-order valence-corrected chi connectivity index (χ4v) is 1.71. The molecule has 0 bridgehead atoms. The Balaban J connectivity index is 2.46. The SMILES string of the molecule is CCOC(=O)c1cc(N)cnc1-n1ccc(C(=O)NC)n1. The molecule has 0 aliphatic heterocycles. The van der Waals surface area contributed by atoms with Gasteiger partial charge in [-0.25, -0.2) is 14.5 Å². The number of nitrogens with two attached hydrogens (primary N) is 1.